The van der Waals surface area contributed by atoms with Crippen molar-refractivity contribution in [1.82, 2.24) is 5.43 Å². The van der Waals surface area contributed by atoms with Crippen LogP contribution in [0, 0.1) is 10.7 Å². The van der Waals surface area contributed by atoms with Crippen molar-refractivity contribution >= 4 is 56.5 Å². The Morgan fingerprint density at radius 2 is 2.10 bits per heavy atom. The van der Waals surface area contributed by atoms with Gasteiger partial charge in [-0.1, -0.05) is 17.7 Å². The van der Waals surface area contributed by atoms with Gasteiger partial charge in [0.2, 0.25) is 0 Å². The lowest BCUT2D eigenvalue weighted by atomic mass is 10.2. The first-order valence-corrected chi connectivity index (χ1v) is 7.53. The molecule has 0 aliphatic carbocycles. The fraction of sp³-hybridized carbons (Fsp3) is 0.0769. The van der Waals surface area contributed by atoms with E-state index in [1.54, 1.807) is 6.07 Å². The highest BCUT2D eigenvalue weighted by Crippen LogP contribution is 2.21. The number of nitrogens with zero attached hydrogens (tertiary/aromatic N) is 1. The maximum absolute atomic E-state index is 11.6. The Hall–Kier alpha value is -1.35. The summed E-state index contributed by atoms with van der Waals surface area (Å²) in [4.78, 5) is 11.6. The lowest BCUT2D eigenvalue weighted by molar-refractivity contribution is 0.252. The van der Waals surface area contributed by atoms with Crippen molar-refractivity contribution in [3.05, 3.63) is 49.9 Å². The van der Waals surface area contributed by atoms with E-state index in [0.29, 0.717) is 11.4 Å². The van der Waals surface area contributed by atoms with Crippen LogP contribution in [0.4, 0.5) is 10.5 Å². The number of nitrogens with one attached hydrogen (secondary N) is 2. The summed E-state index contributed by atoms with van der Waals surface area (Å²) >= 11 is 5.38. The van der Waals surface area contributed by atoms with Crippen molar-refractivity contribution in [2.45, 2.75) is 6.92 Å². The molecule has 20 heavy (non-hydrogen) atoms. The average molecular weight is 448 g/mol. The second-order valence-corrected chi connectivity index (χ2v) is 5.79. The van der Waals surface area contributed by atoms with Gasteiger partial charge in [-0.3, -0.25) is 0 Å². The van der Waals surface area contributed by atoms with Crippen LogP contribution in [0.2, 0.25) is 0 Å². The second kappa shape index (κ2) is 6.89. The number of anilines is 1. The van der Waals surface area contributed by atoms with E-state index in [2.05, 4.69) is 54.4 Å². The highest BCUT2D eigenvalue weighted by molar-refractivity contribution is 14.1. The molecule has 1 aromatic carbocycles. The number of hydrogen-bond donors (Lipinski definition) is 2. The molecule has 7 heteroatoms. The van der Waals surface area contributed by atoms with E-state index in [0.717, 1.165) is 13.8 Å². The number of rotatable bonds is 3. The van der Waals surface area contributed by atoms with E-state index >= 15 is 0 Å². The molecular formula is C13H11BrIN3O2. The summed E-state index contributed by atoms with van der Waals surface area (Å²) < 4.78 is 6.93. The van der Waals surface area contributed by atoms with Crippen molar-refractivity contribution in [2.75, 3.05) is 5.32 Å². The Kier molecular flexibility index (Phi) is 5.18. The maximum Gasteiger partial charge on any atom is 0.339 e. The number of aryl methyl sites for hydroxylation is 1. The SMILES string of the molecule is Cc1ccc(NC(=O)N/N=C/c2cc(Br)c(I)o2)cc1. The standard InChI is InChI=1S/C13H11BrIN3O2/c1-8-2-4-9(5-3-8)17-13(19)18-16-7-10-6-11(14)12(15)20-10/h2-7H,1H3,(H2,17,18,19)/b16-7+. The molecule has 2 aromatic rings. The number of carbonyl (C=O) groups is 1. The van der Waals surface area contributed by atoms with E-state index in [4.69, 9.17) is 4.42 Å². The Labute approximate surface area is 138 Å². The van der Waals surface area contributed by atoms with Gasteiger partial charge in [0.25, 0.3) is 0 Å². The van der Waals surface area contributed by atoms with Crippen LogP contribution < -0.4 is 10.7 Å². The summed E-state index contributed by atoms with van der Waals surface area (Å²) in [5.74, 6) is 0.553. The van der Waals surface area contributed by atoms with Crippen molar-refractivity contribution in [3.63, 3.8) is 0 Å². The molecule has 0 spiro atoms. The summed E-state index contributed by atoms with van der Waals surface area (Å²) in [5, 5.41) is 6.47. The first-order valence-electron chi connectivity index (χ1n) is 5.66. The Morgan fingerprint density at radius 1 is 1.40 bits per heavy atom. The summed E-state index contributed by atoms with van der Waals surface area (Å²) in [6.45, 7) is 1.98. The Balaban J connectivity index is 1.87. The minimum atomic E-state index is -0.412. The lowest BCUT2D eigenvalue weighted by Gasteiger charge is -2.03. The topological polar surface area (TPSA) is 66.6 Å². The van der Waals surface area contributed by atoms with Gasteiger partial charge in [0.05, 0.1) is 10.7 Å². The molecule has 0 atom stereocenters. The molecule has 5 nitrogen and oxygen atoms in total. The third-order valence-corrected chi connectivity index (χ3v) is 4.46. The summed E-state index contributed by atoms with van der Waals surface area (Å²) in [6.07, 6.45) is 1.43. The smallest absolute Gasteiger partial charge is 0.339 e. The molecule has 1 heterocycles. The molecule has 0 unspecified atom stereocenters. The van der Waals surface area contributed by atoms with Gasteiger partial charge < -0.3 is 9.73 Å². The molecule has 0 saturated heterocycles. The zero-order chi connectivity index (χ0) is 14.5. The Bertz CT molecular complexity index is 618. The van der Waals surface area contributed by atoms with Gasteiger partial charge in [-0.15, -0.1) is 0 Å². The molecule has 0 fully saturated rings. The maximum atomic E-state index is 11.6. The average Bonchev–Trinajstić information content (AvgIpc) is 2.71. The predicted octanol–water partition coefficient (Wildman–Crippen LogP) is 4.11. The first-order chi connectivity index (χ1) is 9.54. The van der Waals surface area contributed by atoms with E-state index < -0.39 is 6.03 Å². The normalized spacial score (nSPS) is 10.8. The van der Waals surface area contributed by atoms with Crippen molar-refractivity contribution < 1.29 is 9.21 Å². The molecule has 0 bridgehead atoms. The molecule has 1 aromatic heterocycles. The highest BCUT2D eigenvalue weighted by atomic mass is 127. The third-order valence-electron chi connectivity index (χ3n) is 2.33. The number of benzene rings is 1. The molecule has 104 valence electrons. The van der Waals surface area contributed by atoms with Crippen LogP contribution in [0.3, 0.4) is 0 Å². The number of hydrogen-bond acceptors (Lipinski definition) is 3. The van der Waals surface area contributed by atoms with Gasteiger partial charge in [-0.2, -0.15) is 5.10 Å². The van der Waals surface area contributed by atoms with Crippen molar-refractivity contribution in [3.8, 4) is 0 Å². The number of amides is 2. The number of halogens is 2. The van der Waals surface area contributed by atoms with Gasteiger partial charge in [0.1, 0.15) is 5.76 Å². The number of furan rings is 1. The number of carbonyl (C=O) groups excluding carboxylic acids is 1. The fourth-order valence-corrected chi connectivity index (χ4v) is 2.09. The molecular weight excluding hydrogens is 437 g/mol. The summed E-state index contributed by atoms with van der Waals surface area (Å²) in [7, 11) is 0. The van der Waals surface area contributed by atoms with Crippen molar-refractivity contribution in [2.24, 2.45) is 5.10 Å². The minimum Gasteiger partial charge on any atom is -0.448 e. The van der Waals surface area contributed by atoms with E-state index in [1.807, 2.05) is 31.2 Å². The van der Waals surface area contributed by atoms with E-state index in [9.17, 15) is 4.79 Å². The minimum absolute atomic E-state index is 0.412. The number of urea groups is 1. The molecule has 2 rings (SSSR count). The van der Waals surface area contributed by atoms with Crippen LogP contribution in [0.15, 0.2) is 44.3 Å². The molecule has 0 saturated carbocycles. The molecule has 2 amide bonds. The molecule has 0 aliphatic rings. The molecule has 0 aliphatic heterocycles. The lowest BCUT2D eigenvalue weighted by Crippen LogP contribution is -2.24. The Morgan fingerprint density at radius 3 is 2.70 bits per heavy atom. The largest absolute Gasteiger partial charge is 0.448 e. The third kappa shape index (κ3) is 4.34. The van der Waals surface area contributed by atoms with Gasteiger partial charge in [0, 0.05) is 34.3 Å². The first kappa shape index (κ1) is 15.0. The number of hydrazone groups is 1. The van der Waals surface area contributed by atoms with E-state index in [1.165, 1.54) is 6.21 Å². The predicted molar refractivity (Wildman–Crippen MR) is 90.1 cm³/mol. The van der Waals surface area contributed by atoms with E-state index in [-0.39, 0.29) is 0 Å². The summed E-state index contributed by atoms with van der Waals surface area (Å²) in [5.41, 5.74) is 4.20. The van der Waals surface area contributed by atoms with Crippen LogP contribution in [0.25, 0.3) is 0 Å². The van der Waals surface area contributed by atoms with Gasteiger partial charge in [-0.25, -0.2) is 10.2 Å². The van der Waals surface area contributed by atoms with Gasteiger partial charge >= 0.3 is 6.03 Å². The highest BCUT2D eigenvalue weighted by Gasteiger charge is 2.04. The fourth-order valence-electron chi connectivity index (χ4n) is 1.38. The van der Waals surface area contributed by atoms with Crippen LogP contribution in [0.5, 0.6) is 0 Å². The van der Waals surface area contributed by atoms with Gasteiger partial charge in [-0.05, 0) is 35.0 Å². The zero-order valence-corrected chi connectivity index (χ0v) is 14.2. The molecule has 0 radical (unpaired) electrons. The second-order valence-electron chi connectivity index (χ2n) is 3.96. The van der Waals surface area contributed by atoms with Crippen LogP contribution in [-0.4, -0.2) is 12.2 Å². The van der Waals surface area contributed by atoms with Crippen LogP contribution in [-0.2, 0) is 0 Å². The van der Waals surface area contributed by atoms with Crippen LogP contribution in [0.1, 0.15) is 11.3 Å². The monoisotopic (exact) mass is 447 g/mol. The van der Waals surface area contributed by atoms with Crippen LogP contribution >= 0.6 is 38.5 Å². The summed E-state index contributed by atoms with van der Waals surface area (Å²) in [6, 6.07) is 8.84. The van der Waals surface area contributed by atoms with Crippen molar-refractivity contribution in [1.29, 1.82) is 0 Å². The molecule has 2 N–H and O–H groups in total. The quantitative estimate of drug-likeness (QED) is 0.422. The van der Waals surface area contributed by atoms with Gasteiger partial charge in [0.15, 0.2) is 3.77 Å². The zero-order valence-electron chi connectivity index (χ0n) is 10.5.